The Kier molecular flexibility index (Phi) is 8.18. The highest BCUT2D eigenvalue weighted by molar-refractivity contribution is 5.98. The zero-order chi connectivity index (χ0) is 29.2. The average molecular weight is 569 g/mol. The number of benzene rings is 3. The Bertz CT molecular complexity index is 1420. The lowest BCUT2D eigenvalue weighted by molar-refractivity contribution is -0.123. The quantitative estimate of drug-likeness (QED) is 0.352. The summed E-state index contributed by atoms with van der Waals surface area (Å²) < 4.78 is 15.0. The van der Waals surface area contributed by atoms with Gasteiger partial charge in [-0.05, 0) is 99.4 Å². The maximum atomic E-state index is 15.0. The standard InChI is InChI=1S/C35H41FN4O2/c1-24-12-15-27(23-31(24)39-20-5-6-21-39)37-34(41)29-10-8-22-40(35(42)32-25(2)9-7-11-30(32)36)33(29)26-13-16-28(17-14-26)38-18-3-4-19-38/h7,9,11-17,23,29,33H,3-6,8,10,18-22H2,1-2H3,(H,37,41)/t29-,33?/m0/s1. The summed E-state index contributed by atoms with van der Waals surface area (Å²) in [6, 6.07) is 18.6. The fourth-order valence-corrected chi connectivity index (χ4v) is 7.04. The van der Waals surface area contributed by atoms with Crippen molar-refractivity contribution in [3.8, 4) is 0 Å². The molecule has 3 aliphatic rings. The van der Waals surface area contributed by atoms with Gasteiger partial charge in [0.2, 0.25) is 5.91 Å². The summed E-state index contributed by atoms with van der Waals surface area (Å²) in [6.07, 6.45) is 6.07. The van der Waals surface area contributed by atoms with E-state index in [1.54, 1.807) is 24.0 Å². The van der Waals surface area contributed by atoms with Crippen LogP contribution in [-0.4, -0.2) is 49.4 Å². The molecule has 3 aliphatic heterocycles. The summed E-state index contributed by atoms with van der Waals surface area (Å²) in [4.78, 5) is 34.5. The van der Waals surface area contributed by atoms with E-state index in [1.807, 2.05) is 6.07 Å². The lowest BCUT2D eigenvalue weighted by atomic mass is 9.83. The van der Waals surface area contributed by atoms with Gasteiger partial charge in [-0.2, -0.15) is 0 Å². The second kappa shape index (κ2) is 12.2. The van der Waals surface area contributed by atoms with Gasteiger partial charge >= 0.3 is 0 Å². The van der Waals surface area contributed by atoms with Crippen LogP contribution in [0.3, 0.4) is 0 Å². The van der Waals surface area contributed by atoms with Crippen LogP contribution in [0.1, 0.15) is 71.6 Å². The summed E-state index contributed by atoms with van der Waals surface area (Å²) in [5.41, 5.74) is 5.88. The van der Waals surface area contributed by atoms with Gasteiger partial charge in [-0.3, -0.25) is 9.59 Å². The highest BCUT2D eigenvalue weighted by Gasteiger charge is 2.40. The molecule has 7 heteroatoms. The summed E-state index contributed by atoms with van der Waals surface area (Å²) in [5.74, 6) is -1.46. The van der Waals surface area contributed by atoms with Gasteiger partial charge in [0.05, 0.1) is 17.5 Å². The first-order valence-electron chi connectivity index (χ1n) is 15.5. The zero-order valence-corrected chi connectivity index (χ0v) is 24.7. The van der Waals surface area contributed by atoms with Crippen molar-refractivity contribution in [3.05, 3.63) is 88.7 Å². The van der Waals surface area contributed by atoms with E-state index in [4.69, 9.17) is 0 Å². The number of anilines is 3. The highest BCUT2D eigenvalue weighted by atomic mass is 19.1. The molecule has 3 saturated heterocycles. The van der Waals surface area contributed by atoms with Crippen LogP contribution in [0.4, 0.5) is 21.5 Å². The van der Waals surface area contributed by atoms with Crippen molar-refractivity contribution in [1.82, 2.24) is 4.90 Å². The number of aryl methyl sites for hydroxylation is 2. The second-order valence-corrected chi connectivity index (χ2v) is 12.1. The van der Waals surface area contributed by atoms with Gasteiger partial charge in [-0.1, -0.05) is 30.3 Å². The van der Waals surface area contributed by atoms with Crippen LogP contribution in [0.25, 0.3) is 0 Å². The third-order valence-corrected chi connectivity index (χ3v) is 9.29. The summed E-state index contributed by atoms with van der Waals surface area (Å²) >= 11 is 0. The van der Waals surface area contributed by atoms with Crippen molar-refractivity contribution in [2.75, 3.05) is 47.8 Å². The molecule has 1 N–H and O–H groups in total. The fourth-order valence-electron chi connectivity index (χ4n) is 7.04. The number of halogens is 1. The molecule has 42 heavy (non-hydrogen) atoms. The molecular weight excluding hydrogens is 527 g/mol. The molecule has 3 aromatic rings. The van der Waals surface area contributed by atoms with Crippen molar-refractivity contribution in [1.29, 1.82) is 0 Å². The Balaban J connectivity index is 1.32. The van der Waals surface area contributed by atoms with Gasteiger partial charge < -0.3 is 20.0 Å². The monoisotopic (exact) mass is 568 g/mol. The smallest absolute Gasteiger partial charge is 0.257 e. The molecule has 3 aromatic carbocycles. The number of piperidine rings is 1. The number of nitrogens with zero attached hydrogens (tertiary/aromatic N) is 3. The molecule has 0 aromatic heterocycles. The normalized spacial score (nSPS) is 20.7. The Labute approximate surface area is 248 Å². The predicted octanol–water partition coefficient (Wildman–Crippen LogP) is 6.88. The van der Waals surface area contributed by atoms with Crippen LogP contribution in [0.2, 0.25) is 0 Å². The molecule has 2 atom stereocenters. The number of likely N-dealkylation sites (tertiary alicyclic amines) is 1. The van der Waals surface area contributed by atoms with E-state index >= 15 is 4.39 Å². The van der Waals surface area contributed by atoms with Crippen LogP contribution in [0, 0.1) is 25.6 Å². The first-order chi connectivity index (χ1) is 20.4. The number of rotatable bonds is 6. The number of nitrogens with one attached hydrogen (secondary N) is 1. The number of carbonyl (C=O) groups is 2. The fraction of sp³-hybridized carbons (Fsp3) is 0.429. The van der Waals surface area contributed by atoms with Gasteiger partial charge in [-0.25, -0.2) is 4.39 Å². The second-order valence-electron chi connectivity index (χ2n) is 12.1. The van der Waals surface area contributed by atoms with Gasteiger partial charge in [0, 0.05) is 49.8 Å². The predicted molar refractivity (Wildman–Crippen MR) is 167 cm³/mol. The summed E-state index contributed by atoms with van der Waals surface area (Å²) in [7, 11) is 0. The number of hydrogen-bond acceptors (Lipinski definition) is 4. The molecule has 220 valence electrons. The van der Waals surface area contributed by atoms with Crippen LogP contribution in [0.15, 0.2) is 60.7 Å². The maximum absolute atomic E-state index is 15.0. The average Bonchev–Trinajstić information content (AvgIpc) is 3.73. The lowest BCUT2D eigenvalue weighted by Gasteiger charge is -2.41. The van der Waals surface area contributed by atoms with E-state index in [2.05, 4.69) is 58.4 Å². The molecule has 3 fully saturated rings. The van der Waals surface area contributed by atoms with Crippen molar-refractivity contribution >= 4 is 28.9 Å². The van der Waals surface area contributed by atoms with E-state index < -0.39 is 17.8 Å². The first kappa shape index (κ1) is 28.3. The molecule has 2 amide bonds. The van der Waals surface area contributed by atoms with E-state index in [0.717, 1.165) is 48.8 Å². The van der Waals surface area contributed by atoms with E-state index in [0.29, 0.717) is 24.9 Å². The third-order valence-electron chi connectivity index (χ3n) is 9.29. The molecule has 0 spiro atoms. The van der Waals surface area contributed by atoms with Crippen molar-refractivity contribution in [2.45, 2.75) is 58.4 Å². The Morgan fingerprint density at radius 3 is 2.17 bits per heavy atom. The van der Waals surface area contributed by atoms with Crippen LogP contribution in [-0.2, 0) is 4.79 Å². The molecular formula is C35H41FN4O2. The number of amides is 2. The topological polar surface area (TPSA) is 55.9 Å². The largest absolute Gasteiger partial charge is 0.372 e. The van der Waals surface area contributed by atoms with Crippen molar-refractivity contribution in [2.24, 2.45) is 5.92 Å². The maximum Gasteiger partial charge on any atom is 0.257 e. The molecule has 6 rings (SSSR count). The molecule has 3 heterocycles. The minimum absolute atomic E-state index is 0.0889. The zero-order valence-electron chi connectivity index (χ0n) is 24.7. The molecule has 0 radical (unpaired) electrons. The minimum atomic E-state index is -0.524. The van der Waals surface area contributed by atoms with Gasteiger partial charge in [0.15, 0.2) is 0 Å². The van der Waals surface area contributed by atoms with Gasteiger partial charge in [0.1, 0.15) is 5.82 Å². The SMILES string of the molecule is Cc1ccc(NC(=O)[C@H]2CCCN(C(=O)c3c(C)cccc3F)C2c2ccc(N3CCCC3)cc2)cc1N1CCCC1. The van der Waals surface area contributed by atoms with Gasteiger partial charge in [0.25, 0.3) is 5.91 Å². The van der Waals surface area contributed by atoms with Crippen LogP contribution >= 0.6 is 0 Å². The van der Waals surface area contributed by atoms with Crippen molar-refractivity contribution < 1.29 is 14.0 Å². The molecule has 6 nitrogen and oxygen atoms in total. The molecule has 0 bridgehead atoms. The highest BCUT2D eigenvalue weighted by Crippen LogP contribution is 2.39. The first-order valence-corrected chi connectivity index (χ1v) is 15.5. The van der Waals surface area contributed by atoms with E-state index in [9.17, 15) is 9.59 Å². The molecule has 1 unspecified atom stereocenters. The Morgan fingerprint density at radius 2 is 1.48 bits per heavy atom. The van der Waals surface area contributed by atoms with Crippen molar-refractivity contribution in [3.63, 3.8) is 0 Å². The van der Waals surface area contributed by atoms with Crippen LogP contribution < -0.4 is 15.1 Å². The summed E-state index contributed by atoms with van der Waals surface area (Å²) in [5, 5.41) is 3.19. The molecule has 0 aliphatic carbocycles. The van der Waals surface area contributed by atoms with Crippen LogP contribution in [0.5, 0.6) is 0 Å². The minimum Gasteiger partial charge on any atom is -0.372 e. The molecule has 0 saturated carbocycles. The number of hydrogen-bond donors (Lipinski definition) is 1. The summed E-state index contributed by atoms with van der Waals surface area (Å²) in [6.45, 7) is 8.49. The number of carbonyl (C=O) groups excluding carboxylic acids is 2. The van der Waals surface area contributed by atoms with E-state index in [1.165, 1.54) is 37.3 Å². The Morgan fingerprint density at radius 1 is 0.786 bits per heavy atom. The van der Waals surface area contributed by atoms with Gasteiger partial charge in [-0.15, -0.1) is 0 Å². The third kappa shape index (κ3) is 5.61. The lowest BCUT2D eigenvalue weighted by Crippen LogP contribution is -2.46. The van der Waals surface area contributed by atoms with E-state index in [-0.39, 0.29) is 17.4 Å². The Hall–Kier alpha value is -3.87.